The predicted octanol–water partition coefficient (Wildman–Crippen LogP) is 4.99. The van der Waals surface area contributed by atoms with Crippen molar-refractivity contribution in [2.45, 2.75) is 65.4 Å². The molecule has 0 aliphatic carbocycles. The number of ether oxygens (including phenoxy) is 2. The topological polar surface area (TPSA) is 96.0 Å². The highest BCUT2D eigenvalue weighted by molar-refractivity contribution is 7.87. The summed E-state index contributed by atoms with van der Waals surface area (Å²) in [6.45, 7) is 9.68. The van der Waals surface area contributed by atoms with Crippen molar-refractivity contribution >= 4 is 22.1 Å². The maximum atomic E-state index is 13.2. The maximum absolute atomic E-state index is 13.2. The second-order valence-electron chi connectivity index (χ2n) is 8.88. The Bertz CT molecular complexity index is 1270. The highest BCUT2D eigenvalue weighted by Gasteiger charge is 2.34. The van der Waals surface area contributed by atoms with Crippen LogP contribution in [0, 0.1) is 19.8 Å². The Kier molecular flexibility index (Phi) is 8.05. The average molecular weight is 501 g/mol. The Morgan fingerprint density at radius 1 is 1.17 bits per heavy atom. The van der Waals surface area contributed by atoms with Gasteiger partial charge in [-0.1, -0.05) is 43.2 Å². The smallest absolute Gasteiger partial charge is 0.342 e. The number of methoxy groups -OCH3 is 1. The number of allylic oxidation sites excluding steroid dienone is 2. The van der Waals surface area contributed by atoms with Crippen molar-refractivity contribution in [2.75, 3.05) is 7.11 Å². The summed E-state index contributed by atoms with van der Waals surface area (Å²) in [6.07, 6.45) is 3.13. The Hall–Kier alpha value is -3.13. The molecule has 1 atom stereocenters. The SMILES string of the molecule is CCc1c(C)c2c(c(OS(=O)(=O)c3ccc(C)cc3)c1C/C=C(\C)C(C)CC(=O)OC)C(=O)OC2. The van der Waals surface area contributed by atoms with Gasteiger partial charge in [0.05, 0.1) is 13.5 Å². The summed E-state index contributed by atoms with van der Waals surface area (Å²) in [4.78, 5) is 24.4. The second-order valence-corrected chi connectivity index (χ2v) is 10.4. The molecule has 0 N–H and O–H groups in total. The van der Waals surface area contributed by atoms with Crippen molar-refractivity contribution in [1.29, 1.82) is 0 Å². The molecule has 0 aromatic heterocycles. The van der Waals surface area contributed by atoms with Crippen LogP contribution in [-0.2, 0) is 43.8 Å². The third-order valence-corrected chi connectivity index (χ3v) is 7.82. The molecule has 2 aromatic carbocycles. The van der Waals surface area contributed by atoms with Crippen LogP contribution >= 0.6 is 0 Å². The molecule has 0 amide bonds. The number of aryl methyl sites for hydroxylation is 1. The maximum Gasteiger partial charge on any atom is 0.342 e. The number of carbonyl (C=O) groups is 2. The van der Waals surface area contributed by atoms with Crippen LogP contribution < -0.4 is 4.18 Å². The Labute approximate surface area is 207 Å². The first-order valence-electron chi connectivity index (χ1n) is 11.6. The van der Waals surface area contributed by atoms with E-state index in [0.29, 0.717) is 24.0 Å². The summed E-state index contributed by atoms with van der Waals surface area (Å²) < 4.78 is 42.2. The normalized spacial score (nSPS) is 14.3. The molecule has 0 spiro atoms. The highest BCUT2D eigenvalue weighted by Crippen LogP contribution is 2.40. The zero-order chi connectivity index (χ0) is 25.9. The minimum atomic E-state index is -4.20. The van der Waals surface area contributed by atoms with Crippen molar-refractivity contribution < 1.29 is 31.7 Å². The molecule has 35 heavy (non-hydrogen) atoms. The summed E-state index contributed by atoms with van der Waals surface area (Å²) in [7, 11) is -2.85. The standard InChI is InChI=1S/C27H32O7S/c1-7-21-19(5)23-15-33-27(29)25(23)26(34-35(30,31)20-11-8-16(2)9-12-20)22(21)13-10-17(3)18(4)14-24(28)32-6/h8-12,18H,7,13-15H2,1-6H3/b17-10+. The molecule has 0 radical (unpaired) electrons. The van der Waals surface area contributed by atoms with Gasteiger partial charge in [0.1, 0.15) is 17.1 Å². The first kappa shape index (κ1) is 26.5. The lowest BCUT2D eigenvalue weighted by Crippen LogP contribution is -2.16. The lowest BCUT2D eigenvalue weighted by Gasteiger charge is -2.20. The fourth-order valence-electron chi connectivity index (χ4n) is 4.23. The van der Waals surface area contributed by atoms with Crippen LogP contribution in [0.5, 0.6) is 5.75 Å². The minimum Gasteiger partial charge on any atom is -0.469 e. The molecular weight excluding hydrogens is 468 g/mol. The molecule has 1 aliphatic heterocycles. The Morgan fingerprint density at radius 2 is 1.83 bits per heavy atom. The number of rotatable bonds is 9. The fraction of sp³-hybridized carbons (Fsp3) is 0.407. The molecule has 0 saturated heterocycles. The number of hydrogen-bond acceptors (Lipinski definition) is 7. The third kappa shape index (κ3) is 5.59. The van der Waals surface area contributed by atoms with Gasteiger partial charge in [-0.2, -0.15) is 8.42 Å². The number of esters is 2. The van der Waals surface area contributed by atoms with Gasteiger partial charge in [0.15, 0.2) is 5.75 Å². The molecule has 0 fully saturated rings. The molecule has 0 bridgehead atoms. The number of hydrogen-bond donors (Lipinski definition) is 0. The lowest BCUT2D eigenvalue weighted by atomic mass is 9.88. The van der Waals surface area contributed by atoms with E-state index in [1.807, 2.05) is 40.7 Å². The highest BCUT2D eigenvalue weighted by atomic mass is 32.2. The van der Waals surface area contributed by atoms with Gasteiger partial charge < -0.3 is 13.7 Å². The summed E-state index contributed by atoms with van der Waals surface area (Å²) in [5.41, 5.74) is 5.13. The van der Waals surface area contributed by atoms with E-state index in [4.69, 9.17) is 13.7 Å². The zero-order valence-corrected chi connectivity index (χ0v) is 21.9. The molecule has 1 aliphatic rings. The molecule has 188 valence electrons. The van der Waals surface area contributed by atoms with Crippen LogP contribution in [0.2, 0.25) is 0 Å². The summed E-state index contributed by atoms with van der Waals surface area (Å²) in [5.74, 6) is -0.937. The quantitative estimate of drug-likeness (QED) is 0.272. The van der Waals surface area contributed by atoms with E-state index in [9.17, 15) is 18.0 Å². The predicted molar refractivity (Wildman–Crippen MR) is 132 cm³/mol. The molecule has 3 rings (SSSR count). The lowest BCUT2D eigenvalue weighted by molar-refractivity contribution is -0.141. The van der Waals surface area contributed by atoms with E-state index < -0.39 is 16.1 Å². The first-order chi connectivity index (χ1) is 16.5. The van der Waals surface area contributed by atoms with E-state index >= 15 is 0 Å². The van der Waals surface area contributed by atoms with Crippen molar-refractivity contribution in [2.24, 2.45) is 5.92 Å². The van der Waals surface area contributed by atoms with Gasteiger partial charge in [-0.15, -0.1) is 0 Å². The number of cyclic esters (lactones) is 1. The van der Waals surface area contributed by atoms with Crippen LogP contribution in [0.3, 0.4) is 0 Å². The second kappa shape index (κ2) is 10.6. The van der Waals surface area contributed by atoms with Gasteiger partial charge in [-0.05, 0) is 62.8 Å². The molecule has 7 nitrogen and oxygen atoms in total. The number of carbonyl (C=O) groups excluding carboxylic acids is 2. The van der Waals surface area contributed by atoms with Crippen LogP contribution in [0.25, 0.3) is 0 Å². The zero-order valence-electron chi connectivity index (χ0n) is 21.1. The van der Waals surface area contributed by atoms with Crippen molar-refractivity contribution in [3.05, 3.63) is 69.3 Å². The fourth-order valence-corrected chi connectivity index (χ4v) is 5.20. The Balaban J connectivity index is 2.12. The van der Waals surface area contributed by atoms with Gasteiger partial charge in [0.2, 0.25) is 0 Å². The van der Waals surface area contributed by atoms with Gasteiger partial charge in [-0.3, -0.25) is 4.79 Å². The van der Waals surface area contributed by atoms with Crippen LogP contribution in [0.15, 0.2) is 40.8 Å². The minimum absolute atomic E-state index is 0.00575. The molecule has 2 aromatic rings. The van der Waals surface area contributed by atoms with Gasteiger partial charge in [0, 0.05) is 11.1 Å². The molecule has 8 heteroatoms. The van der Waals surface area contributed by atoms with E-state index in [2.05, 4.69) is 0 Å². The van der Waals surface area contributed by atoms with Crippen molar-refractivity contribution in [3.8, 4) is 5.75 Å². The third-order valence-electron chi connectivity index (χ3n) is 6.59. The number of benzene rings is 2. The molecule has 0 saturated carbocycles. The van der Waals surface area contributed by atoms with E-state index in [1.54, 1.807) is 12.1 Å². The van der Waals surface area contributed by atoms with Crippen molar-refractivity contribution in [1.82, 2.24) is 0 Å². The average Bonchev–Trinajstić information content (AvgIpc) is 3.21. The monoisotopic (exact) mass is 500 g/mol. The van der Waals surface area contributed by atoms with E-state index in [0.717, 1.165) is 22.3 Å². The van der Waals surface area contributed by atoms with E-state index in [1.165, 1.54) is 19.2 Å². The van der Waals surface area contributed by atoms with Gasteiger partial charge in [-0.25, -0.2) is 4.79 Å². The molecule has 1 heterocycles. The van der Waals surface area contributed by atoms with Crippen molar-refractivity contribution in [3.63, 3.8) is 0 Å². The van der Waals surface area contributed by atoms with E-state index in [-0.39, 0.29) is 41.1 Å². The van der Waals surface area contributed by atoms with Gasteiger partial charge >= 0.3 is 22.1 Å². The van der Waals surface area contributed by atoms with Crippen LogP contribution in [0.1, 0.15) is 65.4 Å². The summed E-state index contributed by atoms with van der Waals surface area (Å²) in [6, 6.07) is 6.35. The molecule has 1 unspecified atom stereocenters. The van der Waals surface area contributed by atoms with Gasteiger partial charge in [0.25, 0.3) is 0 Å². The van der Waals surface area contributed by atoms with Crippen LogP contribution in [-0.4, -0.2) is 27.5 Å². The molecular formula is C27H32O7S. The summed E-state index contributed by atoms with van der Waals surface area (Å²) >= 11 is 0. The largest absolute Gasteiger partial charge is 0.469 e. The first-order valence-corrected chi connectivity index (χ1v) is 13.0. The summed E-state index contributed by atoms with van der Waals surface area (Å²) in [5, 5.41) is 0. The Morgan fingerprint density at radius 3 is 2.43 bits per heavy atom. The van der Waals surface area contributed by atoms with Crippen LogP contribution in [0.4, 0.5) is 0 Å². The number of fused-ring (bicyclic) bond motifs is 1.